The van der Waals surface area contributed by atoms with Crippen molar-refractivity contribution in [1.82, 2.24) is 4.90 Å². The zero-order chi connectivity index (χ0) is 15.9. The summed E-state index contributed by atoms with van der Waals surface area (Å²) < 4.78 is 0. The highest BCUT2D eigenvalue weighted by Crippen LogP contribution is 2.47. The van der Waals surface area contributed by atoms with Crippen LogP contribution in [0.5, 0.6) is 0 Å². The van der Waals surface area contributed by atoms with Crippen molar-refractivity contribution in [3.8, 4) is 0 Å². The first-order valence-corrected chi connectivity index (χ1v) is 8.77. The number of thioether (sulfide) groups is 1. The minimum absolute atomic E-state index is 0.0698. The second-order valence-electron chi connectivity index (χ2n) is 6.50. The average Bonchev–Trinajstić information content (AvgIpc) is 2.96. The highest BCUT2D eigenvalue weighted by molar-refractivity contribution is 8.01. The topological polar surface area (TPSA) is 49.4 Å². The van der Waals surface area contributed by atoms with Gasteiger partial charge in [0.2, 0.25) is 11.8 Å². The molecule has 0 bridgehead atoms. The predicted molar refractivity (Wildman–Crippen MR) is 89.9 cm³/mol. The Morgan fingerprint density at radius 2 is 2.14 bits per heavy atom. The molecule has 0 radical (unpaired) electrons. The summed E-state index contributed by atoms with van der Waals surface area (Å²) in [6.45, 7) is 6.28. The molecule has 2 fully saturated rings. The molecule has 22 heavy (non-hydrogen) atoms. The van der Waals surface area contributed by atoms with Crippen LogP contribution in [0.4, 0.5) is 5.69 Å². The Labute approximate surface area is 135 Å². The molecule has 118 valence electrons. The van der Waals surface area contributed by atoms with E-state index in [1.54, 1.807) is 16.7 Å². The zero-order valence-electron chi connectivity index (χ0n) is 13.3. The van der Waals surface area contributed by atoms with Gasteiger partial charge >= 0.3 is 0 Å². The van der Waals surface area contributed by atoms with Gasteiger partial charge in [-0.1, -0.05) is 32.0 Å². The molecule has 1 aromatic rings. The molecule has 0 aliphatic carbocycles. The maximum Gasteiger partial charge on any atom is 0.248 e. The summed E-state index contributed by atoms with van der Waals surface area (Å²) in [4.78, 5) is 26.4. The fourth-order valence-electron chi connectivity index (χ4n) is 3.35. The van der Waals surface area contributed by atoms with Crippen molar-refractivity contribution in [2.75, 3.05) is 11.1 Å². The van der Waals surface area contributed by atoms with Gasteiger partial charge in [0.15, 0.2) is 0 Å². The highest BCUT2D eigenvalue weighted by Gasteiger charge is 2.52. The van der Waals surface area contributed by atoms with Crippen LogP contribution in [0.25, 0.3) is 0 Å². The number of fused-ring (bicyclic) bond motifs is 1. The van der Waals surface area contributed by atoms with Crippen LogP contribution in [-0.2, 0) is 9.59 Å². The van der Waals surface area contributed by atoms with Crippen molar-refractivity contribution in [1.29, 1.82) is 0 Å². The maximum atomic E-state index is 12.7. The fraction of sp³-hybridized carbons (Fsp3) is 0.529. The molecule has 2 aliphatic heterocycles. The van der Waals surface area contributed by atoms with Crippen LogP contribution in [0, 0.1) is 0 Å². The minimum Gasteiger partial charge on any atom is -0.324 e. The lowest BCUT2D eigenvalue weighted by molar-refractivity contribution is -0.135. The third-order valence-corrected chi connectivity index (χ3v) is 6.09. The predicted octanol–water partition coefficient (Wildman–Crippen LogP) is 3.20. The van der Waals surface area contributed by atoms with Gasteiger partial charge in [0, 0.05) is 17.9 Å². The van der Waals surface area contributed by atoms with Crippen LogP contribution in [-0.4, -0.2) is 33.4 Å². The molecule has 5 heteroatoms. The Morgan fingerprint density at radius 3 is 2.86 bits per heavy atom. The number of hydrogen-bond donors (Lipinski definition) is 1. The van der Waals surface area contributed by atoms with Gasteiger partial charge in [0.25, 0.3) is 0 Å². The Balaban J connectivity index is 1.80. The number of para-hydroxylation sites is 1. The Hall–Kier alpha value is -1.49. The summed E-state index contributed by atoms with van der Waals surface area (Å²) in [7, 11) is 0. The molecule has 0 spiro atoms. The third-order valence-electron chi connectivity index (χ3n) is 4.59. The SMILES string of the molecule is CC(C)c1ccccc1NC(=O)[C@H]1CS[C@]2(C)CCC(=O)N12. The number of anilines is 1. The number of amides is 2. The zero-order valence-corrected chi connectivity index (χ0v) is 14.1. The molecule has 2 heterocycles. The van der Waals surface area contributed by atoms with Crippen molar-refractivity contribution >= 4 is 29.3 Å². The second-order valence-corrected chi connectivity index (χ2v) is 8.00. The van der Waals surface area contributed by atoms with Gasteiger partial charge in [0.05, 0.1) is 4.87 Å². The molecule has 0 aromatic heterocycles. The molecule has 1 N–H and O–H groups in total. The molecule has 2 saturated heterocycles. The normalized spacial score (nSPS) is 27.4. The molecular formula is C17H22N2O2S. The summed E-state index contributed by atoms with van der Waals surface area (Å²) >= 11 is 1.72. The van der Waals surface area contributed by atoms with E-state index in [-0.39, 0.29) is 22.7 Å². The van der Waals surface area contributed by atoms with Gasteiger partial charge in [-0.15, -0.1) is 11.8 Å². The quantitative estimate of drug-likeness (QED) is 0.931. The monoisotopic (exact) mass is 318 g/mol. The van der Waals surface area contributed by atoms with Gasteiger partial charge in [-0.3, -0.25) is 9.59 Å². The molecule has 0 unspecified atom stereocenters. The lowest BCUT2D eigenvalue weighted by atomic mass is 10.0. The lowest BCUT2D eigenvalue weighted by Gasteiger charge is -2.30. The number of nitrogens with one attached hydrogen (secondary N) is 1. The number of carbonyl (C=O) groups is 2. The van der Waals surface area contributed by atoms with Crippen molar-refractivity contribution in [3.63, 3.8) is 0 Å². The maximum absolute atomic E-state index is 12.7. The Bertz CT molecular complexity index is 616. The standard InChI is InChI=1S/C17H22N2O2S/c1-11(2)12-6-4-5-7-13(12)18-16(21)14-10-22-17(3)9-8-15(20)19(14)17/h4-7,11,14H,8-10H2,1-3H3,(H,18,21)/t14-,17-/m1/s1. The van der Waals surface area contributed by atoms with Gasteiger partial charge in [-0.25, -0.2) is 0 Å². The first-order valence-electron chi connectivity index (χ1n) is 7.78. The van der Waals surface area contributed by atoms with E-state index in [4.69, 9.17) is 0 Å². The smallest absolute Gasteiger partial charge is 0.248 e. The van der Waals surface area contributed by atoms with E-state index in [0.717, 1.165) is 17.7 Å². The first kappa shape index (κ1) is 15.4. The Kier molecular flexibility index (Phi) is 3.93. The van der Waals surface area contributed by atoms with Gasteiger partial charge in [-0.2, -0.15) is 0 Å². The molecule has 0 saturated carbocycles. The third kappa shape index (κ3) is 2.51. The van der Waals surface area contributed by atoms with Crippen LogP contribution in [0.1, 0.15) is 45.1 Å². The molecular weight excluding hydrogens is 296 g/mol. The number of hydrogen-bond acceptors (Lipinski definition) is 3. The van der Waals surface area contributed by atoms with E-state index in [1.165, 1.54) is 0 Å². The van der Waals surface area contributed by atoms with E-state index in [1.807, 2.05) is 24.3 Å². The van der Waals surface area contributed by atoms with Crippen LogP contribution in [0.15, 0.2) is 24.3 Å². The molecule has 3 rings (SSSR count). The van der Waals surface area contributed by atoms with E-state index in [2.05, 4.69) is 26.1 Å². The summed E-state index contributed by atoms with van der Waals surface area (Å²) in [5.41, 5.74) is 1.98. The van der Waals surface area contributed by atoms with Crippen molar-refractivity contribution in [2.45, 2.75) is 50.4 Å². The van der Waals surface area contributed by atoms with E-state index < -0.39 is 0 Å². The second kappa shape index (κ2) is 5.61. The van der Waals surface area contributed by atoms with Gasteiger partial charge in [0.1, 0.15) is 6.04 Å². The molecule has 2 amide bonds. The number of carbonyl (C=O) groups excluding carboxylic acids is 2. The molecule has 2 aliphatic rings. The Morgan fingerprint density at radius 1 is 1.41 bits per heavy atom. The number of benzene rings is 1. The molecule has 2 atom stereocenters. The van der Waals surface area contributed by atoms with E-state index in [9.17, 15) is 9.59 Å². The largest absolute Gasteiger partial charge is 0.324 e. The summed E-state index contributed by atoms with van der Waals surface area (Å²) in [5.74, 6) is 1.05. The van der Waals surface area contributed by atoms with E-state index in [0.29, 0.717) is 18.1 Å². The molecule has 4 nitrogen and oxygen atoms in total. The lowest BCUT2D eigenvalue weighted by Crippen LogP contribution is -2.48. The number of rotatable bonds is 3. The van der Waals surface area contributed by atoms with Crippen molar-refractivity contribution in [3.05, 3.63) is 29.8 Å². The van der Waals surface area contributed by atoms with Gasteiger partial charge < -0.3 is 10.2 Å². The highest BCUT2D eigenvalue weighted by atomic mass is 32.2. The number of nitrogens with zero attached hydrogens (tertiary/aromatic N) is 1. The van der Waals surface area contributed by atoms with Crippen LogP contribution in [0.2, 0.25) is 0 Å². The van der Waals surface area contributed by atoms with Crippen molar-refractivity contribution < 1.29 is 9.59 Å². The first-order chi connectivity index (χ1) is 10.4. The van der Waals surface area contributed by atoms with Crippen LogP contribution in [0.3, 0.4) is 0 Å². The average molecular weight is 318 g/mol. The molecule has 1 aromatic carbocycles. The summed E-state index contributed by atoms with van der Waals surface area (Å²) in [6.07, 6.45) is 1.39. The van der Waals surface area contributed by atoms with Crippen LogP contribution < -0.4 is 5.32 Å². The summed E-state index contributed by atoms with van der Waals surface area (Å²) in [5, 5.41) is 3.04. The fourth-order valence-corrected chi connectivity index (χ4v) is 4.78. The van der Waals surface area contributed by atoms with Crippen molar-refractivity contribution in [2.24, 2.45) is 0 Å². The minimum atomic E-state index is -0.356. The van der Waals surface area contributed by atoms with Crippen LogP contribution >= 0.6 is 11.8 Å². The van der Waals surface area contributed by atoms with Gasteiger partial charge in [-0.05, 0) is 30.9 Å². The summed E-state index contributed by atoms with van der Waals surface area (Å²) in [6, 6.07) is 7.52. The van der Waals surface area contributed by atoms with E-state index >= 15 is 0 Å².